The highest BCUT2D eigenvalue weighted by Crippen LogP contribution is 2.27. The van der Waals surface area contributed by atoms with E-state index in [4.69, 9.17) is 4.74 Å². The Hall–Kier alpha value is -2.17. The van der Waals surface area contributed by atoms with Gasteiger partial charge < -0.3 is 10.1 Å². The van der Waals surface area contributed by atoms with Crippen LogP contribution in [-0.4, -0.2) is 24.1 Å². The zero-order valence-corrected chi connectivity index (χ0v) is 9.57. The third-order valence-electron chi connectivity index (χ3n) is 2.34. The zero-order chi connectivity index (χ0) is 12.3. The number of rotatable bonds is 3. The first kappa shape index (κ1) is 11.3. The molecule has 0 saturated carbocycles. The molecule has 2 rings (SSSR count). The van der Waals surface area contributed by atoms with Crippen LogP contribution in [0.2, 0.25) is 0 Å². The molecule has 1 aromatic carbocycles. The first-order valence-electron chi connectivity index (χ1n) is 5.08. The van der Waals surface area contributed by atoms with Crippen molar-refractivity contribution in [3.63, 3.8) is 0 Å². The molecular formula is C12H12FN3O. The van der Waals surface area contributed by atoms with Crippen molar-refractivity contribution < 1.29 is 9.13 Å². The molecule has 0 aliphatic carbocycles. The summed E-state index contributed by atoms with van der Waals surface area (Å²) in [6.45, 7) is 0. The molecule has 0 atom stereocenters. The van der Waals surface area contributed by atoms with Gasteiger partial charge in [0.05, 0.1) is 30.8 Å². The van der Waals surface area contributed by atoms with Crippen LogP contribution in [0.25, 0.3) is 11.4 Å². The maximum Gasteiger partial charge on any atom is 0.163 e. The fraction of sp³-hybridized carbons (Fsp3) is 0.167. The van der Waals surface area contributed by atoms with Gasteiger partial charge in [0.1, 0.15) is 11.6 Å². The Labute approximate surface area is 98.5 Å². The molecule has 1 aromatic heterocycles. The van der Waals surface area contributed by atoms with E-state index in [9.17, 15) is 4.39 Å². The van der Waals surface area contributed by atoms with Gasteiger partial charge in [-0.2, -0.15) is 0 Å². The molecule has 88 valence electrons. The number of benzene rings is 1. The number of hydrogen-bond donors (Lipinski definition) is 1. The van der Waals surface area contributed by atoms with Crippen LogP contribution in [0.1, 0.15) is 0 Å². The van der Waals surface area contributed by atoms with E-state index >= 15 is 0 Å². The summed E-state index contributed by atoms with van der Waals surface area (Å²) in [5, 5.41) is 2.92. The SMILES string of the molecule is CNc1cnc(-c2cc(F)ccc2OC)nc1. The van der Waals surface area contributed by atoms with Crippen molar-refractivity contribution in [2.24, 2.45) is 0 Å². The fourth-order valence-corrected chi connectivity index (χ4v) is 1.45. The topological polar surface area (TPSA) is 47.0 Å². The fourth-order valence-electron chi connectivity index (χ4n) is 1.45. The molecule has 17 heavy (non-hydrogen) atoms. The number of aromatic nitrogens is 2. The van der Waals surface area contributed by atoms with E-state index in [1.165, 1.54) is 19.2 Å². The third kappa shape index (κ3) is 2.33. The number of anilines is 1. The van der Waals surface area contributed by atoms with Gasteiger partial charge in [-0.15, -0.1) is 0 Å². The average Bonchev–Trinajstić information content (AvgIpc) is 2.39. The van der Waals surface area contributed by atoms with E-state index in [2.05, 4.69) is 15.3 Å². The van der Waals surface area contributed by atoms with Crippen LogP contribution in [0.3, 0.4) is 0 Å². The van der Waals surface area contributed by atoms with Crippen LogP contribution in [0, 0.1) is 5.82 Å². The third-order valence-corrected chi connectivity index (χ3v) is 2.34. The summed E-state index contributed by atoms with van der Waals surface area (Å²) < 4.78 is 18.3. The Morgan fingerprint density at radius 2 is 1.94 bits per heavy atom. The second-order valence-corrected chi connectivity index (χ2v) is 3.39. The van der Waals surface area contributed by atoms with Crippen LogP contribution in [0.4, 0.5) is 10.1 Å². The van der Waals surface area contributed by atoms with Crippen molar-refractivity contribution >= 4 is 5.69 Å². The van der Waals surface area contributed by atoms with Gasteiger partial charge in [0.2, 0.25) is 0 Å². The molecule has 4 nitrogen and oxygen atoms in total. The van der Waals surface area contributed by atoms with E-state index < -0.39 is 0 Å². The van der Waals surface area contributed by atoms with Crippen molar-refractivity contribution in [1.82, 2.24) is 9.97 Å². The smallest absolute Gasteiger partial charge is 0.163 e. The average molecular weight is 233 g/mol. The summed E-state index contributed by atoms with van der Waals surface area (Å²) in [6.07, 6.45) is 3.26. The minimum atomic E-state index is -0.345. The first-order valence-corrected chi connectivity index (χ1v) is 5.08. The van der Waals surface area contributed by atoms with Gasteiger partial charge in [-0.25, -0.2) is 14.4 Å². The Bertz CT molecular complexity index is 514. The van der Waals surface area contributed by atoms with Crippen molar-refractivity contribution in [2.75, 3.05) is 19.5 Å². The highest BCUT2D eigenvalue weighted by molar-refractivity contribution is 5.64. The van der Waals surface area contributed by atoms with Crippen LogP contribution in [0.15, 0.2) is 30.6 Å². The molecule has 0 amide bonds. The number of ether oxygens (including phenoxy) is 1. The Kier molecular flexibility index (Phi) is 3.18. The first-order chi connectivity index (χ1) is 8.24. The molecule has 2 aromatic rings. The van der Waals surface area contributed by atoms with E-state index in [1.807, 2.05) is 0 Å². The van der Waals surface area contributed by atoms with E-state index in [0.717, 1.165) is 5.69 Å². The summed E-state index contributed by atoms with van der Waals surface area (Å²) in [4.78, 5) is 8.30. The molecule has 5 heteroatoms. The van der Waals surface area contributed by atoms with Crippen LogP contribution >= 0.6 is 0 Å². The van der Waals surface area contributed by atoms with Gasteiger partial charge in [0.15, 0.2) is 5.82 Å². The lowest BCUT2D eigenvalue weighted by Crippen LogP contribution is -1.96. The maximum absolute atomic E-state index is 13.2. The minimum Gasteiger partial charge on any atom is -0.496 e. The van der Waals surface area contributed by atoms with Gasteiger partial charge in [-0.1, -0.05) is 0 Å². The number of methoxy groups -OCH3 is 1. The molecule has 0 unspecified atom stereocenters. The summed E-state index contributed by atoms with van der Waals surface area (Å²) in [5.74, 6) is 0.631. The molecule has 0 aliphatic heterocycles. The Morgan fingerprint density at radius 1 is 1.24 bits per heavy atom. The molecule has 0 radical (unpaired) electrons. The van der Waals surface area contributed by atoms with Gasteiger partial charge in [-0.05, 0) is 18.2 Å². The van der Waals surface area contributed by atoms with Crippen molar-refractivity contribution in [3.05, 3.63) is 36.4 Å². The summed E-state index contributed by atoms with van der Waals surface area (Å²) >= 11 is 0. The van der Waals surface area contributed by atoms with E-state index in [0.29, 0.717) is 17.1 Å². The number of nitrogens with zero attached hydrogens (tertiary/aromatic N) is 2. The monoisotopic (exact) mass is 233 g/mol. The van der Waals surface area contributed by atoms with Crippen molar-refractivity contribution in [2.45, 2.75) is 0 Å². The molecule has 0 saturated heterocycles. The van der Waals surface area contributed by atoms with Crippen molar-refractivity contribution in [3.8, 4) is 17.1 Å². The predicted molar refractivity (Wildman–Crippen MR) is 63.5 cm³/mol. The lowest BCUT2D eigenvalue weighted by molar-refractivity contribution is 0.415. The molecule has 0 bridgehead atoms. The van der Waals surface area contributed by atoms with Gasteiger partial charge in [-0.3, -0.25) is 0 Å². The zero-order valence-electron chi connectivity index (χ0n) is 9.57. The molecule has 0 spiro atoms. The normalized spacial score (nSPS) is 10.1. The summed E-state index contributed by atoms with van der Waals surface area (Å²) in [7, 11) is 3.31. The second kappa shape index (κ2) is 4.78. The molecule has 0 fully saturated rings. The maximum atomic E-state index is 13.2. The summed E-state index contributed by atoms with van der Waals surface area (Å²) in [6, 6.07) is 4.25. The molecule has 1 N–H and O–H groups in total. The number of hydrogen-bond acceptors (Lipinski definition) is 4. The standard InChI is InChI=1S/C12H12FN3O/c1-14-9-6-15-12(16-7-9)10-5-8(13)3-4-11(10)17-2/h3-7,14H,1-2H3. The lowest BCUT2D eigenvalue weighted by atomic mass is 10.2. The predicted octanol–water partition coefficient (Wildman–Crippen LogP) is 2.33. The number of nitrogens with one attached hydrogen (secondary N) is 1. The second-order valence-electron chi connectivity index (χ2n) is 3.39. The highest BCUT2D eigenvalue weighted by atomic mass is 19.1. The van der Waals surface area contributed by atoms with Gasteiger partial charge in [0, 0.05) is 7.05 Å². The quantitative estimate of drug-likeness (QED) is 0.883. The van der Waals surface area contributed by atoms with Crippen LogP contribution in [-0.2, 0) is 0 Å². The van der Waals surface area contributed by atoms with E-state index in [1.54, 1.807) is 25.5 Å². The Morgan fingerprint density at radius 3 is 2.53 bits per heavy atom. The van der Waals surface area contributed by atoms with E-state index in [-0.39, 0.29) is 5.82 Å². The Balaban J connectivity index is 2.47. The van der Waals surface area contributed by atoms with Crippen LogP contribution in [0.5, 0.6) is 5.75 Å². The lowest BCUT2D eigenvalue weighted by Gasteiger charge is -2.07. The minimum absolute atomic E-state index is 0.345. The molecule has 1 heterocycles. The number of halogens is 1. The highest BCUT2D eigenvalue weighted by Gasteiger charge is 2.09. The largest absolute Gasteiger partial charge is 0.496 e. The van der Waals surface area contributed by atoms with Crippen LogP contribution < -0.4 is 10.1 Å². The van der Waals surface area contributed by atoms with Crippen molar-refractivity contribution in [1.29, 1.82) is 0 Å². The molecular weight excluding hydrogens is 221 g/mol. The molecule has 0 aliphatic rings. The van der Waals surface area contributed by atoms with Gasteiger partial charge in [0.25, 0.3) is 0 Å². The summed E-state index contributed by atoms with van der Waals surface area (Å²) in [5.41, 5.74) is 1.33. The van der Waals surface area contributed by atoms with Gasteiger partial charge >= 0.3 is 0 Å².